The lowest BCUT2D eigenvalue weighted by atomic mass is 10.1. The van der Waals surface area contributed by atoms with Gasteiger partial charge in [0.25, 0.3) is 5.91 Å². The Morgan fingerprint density at radius 2 is 1.81 bits per heavy atom. The van der Waals surface area contributed by atoms with Crippen LogP contribution in [0.1, 0.15) is 10.4 Å². The zero-order chi connectivity index (χ0) is 14.8. The van der Waals surface area contributed by atoms with Crippen LogP contribution in [-0.4, -0.2) is 25.9 Å². The van der Waals surface area contributed by atoms with Gasteiger partial charge in [0.2, 0.25) is 0 Å². The van der Waals surface area contributed by atoms with Gasteiger partial charge < -0.3 is 11.5 Å². The van der Waals surface area contributed by atoms with Crippen LogP contribution in [0, 0.1) is 0 Å². The third-order valence-corrected chi connectivity index (χ3v) is 3.01. The first kappa shape index (κ1) is 12.8. The van der Waals surface area contributed by atoms with Gasteiger partial charge in [-0.1, -0.05) is 30.3 Å². The molecule has 0 atom stereocenters. The number of carbonyl (C=O) groups excluding carboxylic acids is 1. The van der Waals surface area contributed by atoms with Crippen LogP contribution in [0.3, 0.4) is 0 Å². The van der Waals surface area contributed by atoms with Gasteiger partial charge in [-0.05, 0) is 12.1 Å². The Morgan fingerprint density at radius 3 is 2.38 bits per heavy atom. The monoisotopic (exact) mass is 280 g/mol. The lowest BCUT2D eigenvalue weighted by Gasteiger charge is -2.04. The number of hydrogen-bond acceptors (Lipinski definition) is 5. The number of anilines is 1. The lowest BCUT2D eigenvalue weighted by molar-refractivity contribution is 0.100. The van der Waals surface area contributed by atoms with Gasteiger partial charge in [-0.25, -0.2) is 0 Å². The van der Waals surface area contributed by atoms with E-state index in [-0.39, 0.29) is 11.4 Å². The zero-order valence-electron chi connectivity index (χ0n) is 11.0. The predicted molar refractivity (Wildman–Crippen MR) is 77.5 cm³/mol. The standard InChI is InChI=1S/C14H12N6O/c15-13-10(14(16)21)8-17-20(13)12-7-6-11(18-19-12)9-4-2-1-3-5-9/h1-8H,15H2,(H2,16,21). The van der Waals surface area contributed by atoms with E-state index in [0.29, 0.717) is 5.82 Å². The van der Waals surface area contributed by atoms with E-state index in [1.807, 2.05) is 36.4 Å². The molecular formula is C14H12N6O. The summed E-state index contributed by atoms with van der Waals surface area (Å²) in [6, 6.07) is 13.2. The highest BCUT2D eigenvalue weighted by Gasteiger charge is 2.14. The molecule has 7 heteroatoms. The molecule has 21 heavy (non-hydrogen) atoms. The number of amides is 1. The summed E-state index contributed by atoms with van der Waals surface area (Å²) in [4.78, 5) is 11.2. The van der Waals surface area contributed by atoms with Crippen molar-refractivity contribution in [3.8, 4) is 17.1 Å². The van der Waals surface area contributed by atoms with Gasteiger partial charge in [0.15, 0.2) is 5.82 Å². The second-order valence-corrected chi connectivity index (χ2v) is 4.36. The van der Waals surface area contributed by atoms with Crippen molar-refractivity contribution in [3.05, 3.63) is 54.2 Å². The average Bonchev–Trinajstić information content (AvgIpc) is 2.90. The van der Waals surface area contributed by atoms with Crippen molar-refractivity contribution >= 4 is 11.7 Å². The molecular weight excluding hydrogens is 268 g/mol. The molecule has 1 amide bonds. The molecule has 7 nitrogen and oxygen atoms in total. The summed E-state index contributed by atoms with van der Waals surface area (Å²) in [7, 11) is 0. The molecule has 104 valence electrons. The Labute approximate surface area is 120 Å². The fourth-order valence-corrected chi connectivity index (χ4v) is 1.93. The summed E-state index contributed by atoms with van der Waals surface area (Å²) < 4.78 is 1.32. The fraction of sp³-hybridized carbons (Fsp3) is 0. The van der Waals surface area contributed by atoms with Crippen molar-refractivity contribution in [2.24, 2.45) is 5.73 Å². The average molecular weight is 280 g/mol. The van der Waals surface area contributed by atoms with Crippen molar-refractivity contribution < 1.29 is 4.79 Å². The molecule has 3 rings (SSSR count). The molecule has 2 aromatic heterocycles. The summed E-state index contributed by atoms with van der Waals surface area (Å²) in [5, 5.41) is 12.2. The van der Waals surface area contributed by atoms with E-state index < -0.39 is 5.91 Å². The molecule has 1 aromatic carbocycles. The highest BCUT2D eigenvalue weighted by Crippen LogP contribution is 2.18. The third-order valence-electron chi connectivity index (χ3n) is 3.01. The Kier molecular flexibility index (Phi) is 3.07. The molecule has 0 aliphatic carbocycles. The van der Waals surface area contributed by atoms with Gasteiger partial charge in [-0.3, -0.25) is 4.79 Å². The molecule has 0 saturated heterocycles. The van der Waals surface area contributed by atoms with Gasteiger partial charge in [0, 0.05) is 5.56 Å². The first-order chi connectivity index (χ1) is 10.2. The summed E-state index contributed by atoms with van der Waals surface area (Å²) >= 11 is 0. The fourth-order valence-electron chi connectivity index (χ4n) is 1.93. The quantitative estimate of drug-likeness (QED) is 0.743. The van der Waals surface area contributed by atoms with Gasteiger partial charge in [0.05, 0.1) is 11.9 Å². The Balaban J connectivity index is 1.97. The first-order valence-electron chi connectivity index (χ1n) is 6.19. The van der Waals surface area contributed by atoms with Crippen molar-refractivity contribution in [3.63, 3.8) is 0 Å². The second kappa shape index (κ2) is 5.04. The Morgan fingerprint density at radius 1 is 1.05 bits per heavy atom. The van der Waals surface area contributed by atoms with E-state index in [0.717, 1.165) is 11.3 Å². The van der Waals surface area contributed by atoms with Crippen LogP contribution in [0.25, 0.3) is 17.1 Å². The van der Waals surface area contributed by atoms with Crippen LogP contribution >= 0.6 is 0 Å². The van der Waals surface area contributed by atoms with Gasteiger partial charge in [0.1, 0.15) is 11.4 Å². The molecule has 0 aliphatic heterocycles. The molecule has 0 radical (unpaired) electrons. The molecule has 0 bridgehead atoms. The van der Waals surface area contributed by atoms with E-state index >= 15 is 0 Å². The molecule has 2 heterocycles. The number of benzene rings is 1. The van der Waals surface area contributed by atoms with Crippen LogP contribution in [0.4, 0.5) is 5.82 Å². The van der Waals surface area contributed by atoms with E-state index in [1.165, 1.54) is 10.9 Å². The molecule has 0 aliphatic rings. The van der Waals surface area contributed by atoms with E-state index in [1.54, 1.807) is 6.07 Å². The van der Waals surface area contributed by atoms with Crippen molar-refractivity contribution in [2.75, 3.05) is 5.73 Å². The minimum absolute atomic E-state index is 0.143. The smallest absolute Gasteiger partial charge is 0.254 e. The molecule has 0 unspecified atom stereocenters. The SMILES string of the molecule is NC(=O)c1cnn(-c2ccc(-c3ccccc3)nn2)c1N. The van der Waals surface area contributed by atoms with Crippen molar-refractivity contribution in [2.45, 2.75) is 0 Å². The number of nitrogens with two attached hydrogens (primary N) is 2. The van der Waals surface area contributed by atoms with E-state index in [9.17, 15) is 4.79 Å². The third kappa shape index (κ3) is 2.32. The minimum Gasteiger partial charge on any atom is -0.383 e. The number of carbonyl (C=O) groups is 1. The molecule has 0 saturated carbocycles. The number of hydrogen-bond donors (Lipinski definition) is 2. The largest absolute Gasteiger partial charge is 0.383 e. The predicted octanol–water partition coefficient (Wildman–Crippen LogP) is 1.01. The van der Waals surface area contributed by atoms with Gasteiger partial charge in [-0.2, -0.15) is 9.78 Å². The summed E-state index contributed by atoms with van der Waals surface area (Å²) in [6.45, 7) is 0. The highest BCUT2D eigenvalue weighted by atomic mass is 16.1. The van der Waals surface area contributed by atoms with Crippen molar-refractivity contribution in [1.82, 2.24) is 20.0 Å². The lowest BCUT2D eigenvalue weighted by Crippen LogP contribution is -2.13. The van der Waals surface area contributed by atoms with E-state index in [4.69, 9.17) is 11.5 Å². The van der Waals surface area contributed by atoms with Crippen LogP contribution in [0.15, 0.2) is 48.7 Å². The van der Waals surface area contributed by atoms with E-state index in [2.05, 4.69) is 15.3 Å². The maximum atomic E-state index is 11.2. The maximum absolute atomic E-state index is 11.2. The number of nitrogens with zero attached hydrogens (tertiary/aromatic N) is 4. The number of aromatic nitrogens is 4. The summed E-state index contributed by atoms with van der Waals surface area (Å²) in [5.41, 5.74) is 12.9. The molecule has 4 N–H and O–H groups in total. The van der Waals surface area contributed by atoms with Crippen LogP contribution in [0.2, 0.25) is 0 Å². The molecule has 0 fully saturated rings. The topological polar surface area (TPSA) is 113 Å². The van der Waals surface area contributed by atoms with Crippen LogP contribution in [0.5, 0.6) is 0 Å². The van der Waals surface area contributed by atoms with Gasteiger partial charge >= 0.3 is 0 Å². The van der Waals surface area contributed by atoms with Gasteiger partial charge in [-0.15, -0.1) is 10.2 Å². The maximum Gasteiger partial charge on any atom is 0.254 e. The normalized spacial score (nSPS) is 10.5. The summed E-state index contributed by atoms with van der Waals surface area (Å²) in [5.74, 6) is -0.0726. The highest BCUT2D eigenvalue weighted by molar-refractivity contribution is 5.97. The number of nitrogen functional groups attached to an aromatic ring is 1. The molecule has 0 spiro atoms. The zero-order valence-corrected chi connectivity index (χ0v) is 11.0. The minimum atomic E-state index is -0.632. The number of primary amides is 1. The second-order valence-electron chi connectivity index (χ2n) is 4.36. The Hall–Kier alpha value is -3.22. The Bertz CT molecular complexity index is 779. The number of rotatable bonds is 3. The van der Waals surface area contributed by atoms with Crippen LogP contribution in [-0.2, 0) is 0 Å². The molecule has 3 aromatic rings. The first-order valence-corrected chi connectivity index (χ1v) is 6.19. The summed E-state index contributed by atoms with van der Waals surface area (Å²) in [6.07, 6.45) is 1.31. The van der Waals surface area contributed by atoms with Crippen molar-refractivity contribution in [1.29, 1.82) is 0 Å². The van der Waals surface area contributed by atoms with Crippen LogP contribution < -0.4 is 11.5 Å².